The van der Waals surface area contributed by atoms with Crippen LogP contribution in [0.15, 0.2) is 24.5 Å². The van der Waals surface area contributed by atoms with Crippen LogP contribution in [0.2, 0.25) is 0 Å². The summed E-state index contributed by atoms with van der Waals surface area (Å²) in [4.78, 5) is 18.1. The topological polar surface area (TPSA) is 87.2 Å². The predicted molar refractivity (Wildman–Crippen MR) is 85.3 cm³/mol. The molecule has 1 unspecified atom stereocenters. The molecule has 0 spiro atoms. The van der Waals surface area contributed by atoms with Crippen LogP contribution >= 0.6 is 0 Å². The number of carboxylic acids is 1. The number of carbonyl (C=O) groups is 1. The molecule has 0 aliphatic heterocycles. The third-order valence-electron chi connectivity index (χ3n) is 3.48. The lowest BCUT2D eigenvalue weighted by Crippen LogP contribution is -2.18. The van der Waals surface area contributed by atoms with E-state index >= 15 is 0 Å². The van der Waals surface area contributed by atoms with Gasteiger partial charge in [0.1, 0.15) is 11.5 Å². The van der Waals surface area contributed by atoms with E-state index in [-0.39, 0.29) is 11.7 Å². The van der Waals surface area contributed by atoms with E-state index in [9.17, 15) is 4.79 Å². The summed E-state index contributed by atoms with van der Waals surface area (Å²) in [7, 11) is 1.68. The first kappa shape index (κ1) is 16.0. The number of aromatic carboxylic acids is 1. The number of anilines is 1. The van der Waals surface area contributed by atoms with Gasteiger partial charge in [0.15, 0.2) is 0 Å². The molecule has 0 aromatic carbocycles. The zero-order valence-corrected chi connectivity index (χ0v) is 13.0. The Labute approximate surface area is 129 Å². The fourth-order valence-electron chi connectivity index (χ4n) is 2.21. The molecule has 6 heteroatoms. The summed E-state index contributed by atoms with van der Waals surface area (Å²) in [5.41, 5.74) is 2.96. The Bertz CT molecular complexity index is 652. The number of H-pyrrole nitrogens is 1. The van der Waals surface area contributed by atoms with Crippen LogP contribution in [0.4, 0.5) is 5.82 Å². The van der Waals surface area contributed by atoms with Crippen molar-refractivity contribution >= 4 is 11.8 Å². The molecule has 0 aliphatic carbocycles. The third-order valence-corrected chi connectivity index (χ3v) is 3.48. The number of pyridine rings is 1. The van der Waals surface area contributed by atoms with Crippen LogP contribution in [-0.4, -0.2) is 40.8 Å². The van der Waals surface area contributed by atoms with Crippen molar-refractivity contribution in [3.8, 4) is 11.1 Å². The number of carboxylic acid groups (broad SMARTS) is 1. The van der Waals surface area contributed by atoms with Crippen LogP contribution < -0.4 is 5.32 Å². The number of aryl methyl sites for hydroxylation is 1. The fraction of sp³-hybridized carbons (Fsp3) is 0.375. The molecule has 0 aliphatic rings. The van der Waals surface area contributed by atoms with E-state index in [1.807, 2.05) is 13.0 Å². The molecular weight excluding hydrogens is 282 g/mol. The van der Waals surface area contributed by atoms with E-state index < -0.39 is 5.97 Å². The number of aromatic nitrogens is 2. The summed E-state index contributed by atoms with van der Waals surface area (Å²) in [5.74, 6) is -0.202. The second-order valence-electron chi connectivity index (χ2n) is 5.32. The zero-order valence-electron chi connectivity index (χ0n) is 13.0. The molecule has 0 radical (unpaired) electrons. The zero-order chi connectivity index (χ0) is 16.1. The van der Waals surface area contributed by atoms with E-state index in [1.165, 1.54) is 0 Å². The van der Waals surface area contributed by atoms with Crippen molar-refractivity contribution in [3.05, 3.63) is 35.8 Å². The summed E-state index contributed by atoms with van der Waals surface area (Å²) in [6.45, 7) is 4.71. The Balaban J connectivity index is 2.20. The van der Waals surface area contributed by atoms with Crippen molar-refractivity contribution in [2.75, 3.05) is 19.0 Å². The second kappa shape index (κ2) is 7.09. The van der Waals surface area contributed by atoms with Crippen molar-refractivity contribution in [2.45, 2.75) is 26.3 Å². The maximum atomic E-state index is 11.0. The van der Waals surface area contributed by atoms with Crippen molar-refractivity contribution in [1.29, 1.82) is 0 Å². The first-order chi connectivity index (χ1) is 10.5. The summed E-state index contributed by atoms with van der Waals surface area (Å²) >= 11 is 0. The number of aromatic amines is 1. The van der Waals surface area contributed by atoms with Crippen molar-refractivity contribution in [2.24, 2.45) is 0 Å². The number of ether oxygens (including phenoxy) is 1. The highest BCUT2D eigenvalue weighted by Gasteiger charge is 2.11. The van der Waals surface area contributed by atoms with Crippen LogP contribution in [-0.2, 0) is 4.74 Å². The van der Waals surface area contributed by atoms with Crippen molar-refractivity contribution in [3.63, 3.8) is 0 Å². The maximum Gasteiger partial charge on any atom is 0.352 e. The average molecular weight is 303 g/mol. The molecule has 0 saturated heterocycles. The number of hydrogen-bond acceptors (Lipinski definition) is 4. The normalized spacial score (nSPS) is 12.1. The van der Waals surface area contributed by atoms with Crippen LogP contribution in [0.25, 0.3) is 11.1 Å². The molecule has 2 heterocycles. The lowest BCUT2D eigenvalue weighted by molar-refractivity contribution is 0.0691. The van der Waals surface area contributed by atoms with Gasteiger partial charge in [-0.15, -0.1) is 0 Å². The van der Waals surface area contributed by atoms with E-state index in [2.05, 4.69) is 22.2 Å². The van der Waals surface area contributed by atoms with Gasteiger partial charge in [0.05, 0.1) is 0 Å². The quantitative estimate of drug-likeness (QED) is 0.732. The third kappa shape index (κ3) is 3.85. The SMILES string of the molecule is COCCC(C)Nc1cc(-c2c[nH]c(C(=O)O)c2)c(C)cn1. The molecule has 0 bridgehead atoms. The smallest absolute Gasteiger partial charge is 0.352 e. The van der Waals surface area contributed by atoms with E-state index in [0.717, 1.165) is 28.9 Å². The van der Waals surface area contributed by atoms with Gasteiger partial charge in [0.25, 0.3) is 0 Å². The van der Waals surface area contributed by atoms with Gasteiger partial charge in [-0.05, 0) is 43.5 Å². The first-order valence-corrected chi connectivity index (χ1v) is 7.15. The summed E-state index contributed by atoms with van der Waals surface area (Å²) in [6.07, 6.45) is 4.37. The van der Waals surface area contributed by atoms with E-state index in [1.54, 1.807) is 25.6 Å². The number of rotatable bonds is 7. The number of nitrogens with one attached hydrogen (secondary N) is 2. The lowest BCUT2D eigenvalue weighted by Gasteiger charge is -2.15. The monoisotopic (exact) mass is 303 g/mol. The van der Waals surface area contributed by atoms with Gasteiger partial charge in [-0.2, -0.15) is 0 Å². The largest absolute Gasteiger partial charge is 0.477 e. The molecule has 118 valence electrons. The Kier molecular flexibility index (Phi) is 5.16. The molecule has 3 N–H and O–H groups in total. The molecule has 6 nitrogen and oxygen atoms in total. The standard InChI is InChI=1S/C16H21N3O3/c1-10-8-18-15(19-11(2)4-5-22-3)7-13(10)12-6-14(16(20)21)17-9-12/h6-9,11,17H,4-5H2,1-3H3,(H,18,19)(H,20,21). The van der Waals surface area contributed by atoms with Crippen molar-refractivity contribution < 1.29 is 14.6 Å². The summed E-state index contributed by atoms with van der Waals surface area (Å²) < 4.78 is 5.07. The highest BCUT2D eigenvalue weighted by molar-refractivity contribution is 5.88. The van der Waals surface area contributed by atoms with Gasteiger partial charge in [-0.1, -0.05) is 0 Å². The van der Waals surface area contributed by atoms with Gasteiger partial charge in [-0.3, -0.25) is 0 Å². The Morgan fingerprint density at radius 1 is 1.50 bits per heavy atom. The number of nitrogens with zero attached hydrogens (tertiary/aromatic N) is 1. The van der Waals surface area contributed by atoms with Crippen LogP contribution in [0.5, 0.6) is 0 Å². The van der Waals surface area contributed by atoms with E-state index in [0.29, 0.717) is 6.61 Å². The lowest BCUT2D eigenvalue weighted by atomic mass is 10.1. The number of methoxy groups -OCH3 is 1. The molecule has 0 amide bonds. The van der Waals surface area contributed by atoms with Crippen LogP contribution in [0.3, 0.4) is 0 Å². The number of hydrogen-bond donors (Lipinski definition) is 3. The van der Waals surface area contributed by atoms with Crippen molar-refractivity contribution in [1.82, 2.24) is 9.97 Å². The molecule has 0 saturated carbocycles. The Hall–Kier alpha value is -2.34. The minimum Gasteiger partial charge on any atom is -0.477 e. The summed E-state index contributed by atoms with van der Waals surface area (Å²) in [5, 5.41) is 12.3. The molecule has 2 aromatic heterocycles. The Morgan fingerprint density at radius 3 is 2.91 bits per heavy atom. The highest BCUT2D eigenvalue weighted by atomic mass is 16.5. The van der Waals surface area contributed by atoms with Gasteiger partial charge in [0, 0.05) is 37.7 Å². The Morgan fingerprint density at radius 2 is 2.27 bits per heavy atom. The maximum absolute atomic E-state index is 11.0. The fourth-order valence-corrected chi connectivity index (χ4v) is 2.21. The first-order valence-electron chi connectivity index (χ1n) is 7.15. The van der Waals surface area contributed by atoms with Gasteiger partial charge < -0.3 is 20.1 Å². The predicted octanol–water partition coefficient (Wildman–Crippen LogP) is 2.92. The molecule has 0 fully saturated rings. The second-order valence-corrected chi connectivity index (χ2v) is 5.32. The van der Waals surface area contributed by atoms with E-state index in [4.69, 9.17) is 9.84 Å². The molecular formula is C16H21N3O3. The molecule has 22 heavy (non-hydrogen) atoms. The van der Waals surface area contributed by atoms with Gasteiger partial charge in [-0.25, -0.2) is 9.78 Å². The van der Waals surface area contributed by atoms with Crippen LogP contribution in [0, 0.1) is 6.92 Å². The average Bonchev–Trinajstić information content (AvgIpc) is 2.97. The van der Waals surface area contributed by atoms with Gasteiger partial charge in [0.2, 0.25) is 0 Å². The molecule has 2 rings (SSSR count). The minimum absolute atomic E-state index is 0.175. The highest BCUT2D eigenvalue weighted by Crippen LogP contribution is 2.26. The van der Waals surface area contributed by atoms with Gasteiger partial charge >= 0.3 is 5.97 Å². The minimum atomic E-state index is -0.968. The summed E-state index contributed by atoms with van der Waals surface area (Å²) in [6, 6.07) is 3.81. The molecule has 2 aromatic rings. The van der Waals surface area contributed by atoms with Crippen LogP contribution in [0.1, 0.15) is 29.4 Å². The molecule has 1 atom stereocenters.